The summed E-state index contributed by atoms with van der Waals surface area (Å²) in [7, 11) is 0. The number of carbonyl (C=O) groups excluding carboxylic acids is 1. The monoisotopic (exact) mass is 431 g/mol. The molecule has 0 aliphatic heterocycles. The molecule has 0 unspecified atom stereocenters. The van der Waals surface area contributed by atoms with Crippen LogP contribution in [0, 0.1) is 0 Å². The molecule has 1 amide bonds. The molecular formula is C27H29NO4. The number of ether oxygens (including phenoxy) is 1. The highest BCUT2D eigenvalue weighted by Crippen LogP contribution is 2.24. The first-order valence-electron chi connectivity index (χ1n) is 10.8. The molecule has 0 aromatic heterocycles. The van der Waals surface area contributed by atoms with Gasteiger partial charge in [0.2, 0.25) is 0 Å². The largest absolute Gasteiger partial charge is 0.483 e. The molecule has 0 saturated heterocycles. The van der Waals surface area contributed by atoms with E-state index in [4.69, 9.17) is 4.74 Å². The number of carboxylic acids is 1. The van der Waals surface area contributed by atoms with Gasteiger partial charge in [-0.15, -0.1) is 0 Å². The summed E-state index contributed by atoms with van der Waals surface area (Å²) in [4.78, 5) is 26.5. The van der Waals surface area contributed by atoms with Crippen LogP contribution in [-0.2, 0) is 17.8 Å². The summed E-state index contributed by atoms with van der Waals surface area (Å²) in [6, 6.07) is 24.9. The van der Waals surface area contributed by atoms with Gasteiger partial charge in [-0.25, -0.2) is 4.79 Å². The summed E-state index contributed by atoms with van der Waals surface area (Å²) in [6.07, 6.45) is 0.725. The van der Waals surface area contributed by atoms with Crippen molar-refractivity contribution in [2.45, 2.75) is 32.7 Å². The van der Waals surface area contributed by atoms with Crippen molar-refractivity contribution in [1.29, 1.82) is 0 Å². The molecular weight excluding hydrogens is 402 g/mol. The highest BCUT2D eigenvalue weighted by molar-refractivity contribution is 5.91. The van der Waals surface area contributed by atoms with Crippen LogP contribution in [0.4, 0.5) is 0 Å². The number of hydrogen-bond donors (Lipinski definition) is 1. The minimum absolute atomic E-state index is 0.0721. The molecule has 3 aromatic carbocycles. The third kappa shape index (κ3) is 6.45. The molecule has 0 aliphatic rings. The van der Waals surface area contributed by atoms with E-state index in [2.05, 4.69) is 0 Å². The first-order chi connectivity index (χ1) is 15.4. The van der Waals surface area contributed by atoms with Crippen LogP contribution in [0.1, 0.15) is 46.8 Å². The van der Waals surface area contributed by atoms with Gasteiger partial charge in [0.05, 0.1) is 0 Å². The number of carboxylic acid groups (broad SMARTS) is 1. The lowest BCUT2D eigenvalue weighted by atomic mass is 10.0. The van der Waals surface area contributed by atoms with Gasteiger partial charge in [-0.3, -0.25) is 4.79 Å². The van der Waals surface area contributed by atoms with E-state index < -0.39 is 5.97 Å². The number of rotatable bonds is 10. The standard InChI is InChI=1S/C27H29NO4/c1-20(2)23-13-14-25(24(17-23)27(30)31)32-19-26(29)28(18-22-11-7-4-8-12-22)16-15-21-9-5-3-6-10-21/h3-14,17,20H,15-16,18-19H2,1-2H3,(H,30,31). The topological polar surface area (TPSA) is 66.8 Å². The number of carbonyl (C=O) groups is 2. The van der Waals surface area contributed by atoms with E-state index >= 15 is 0 Å². The SMILES string of the molecule is CC(C)c1ccc(OCC(=O)N(CCc2ccccc2)Cc2ccccc2)c(C(=O)O)c1. The fourth-order valence-electron chi connectivity index (χ4n) is 3.43. The maximum absolute atomic E-state index is 13.1. The molecule has 0 fully saturated rings. The van der Waals surface area contributed by atoms with Gasteiger partial charge in [0.15, 0.2) is 6.61 Å². The summed E-state index contributed by atoms with van der Waals surface area (Å²) in [5, 5.41) is 9.58. The molecule has 32 heavy (non-hydrogen) atoms. The Morgan fingerprint density at radius 2 is 1.53 bits per heavy atom. The highest BCUT2D eigenvalue weighted by Gasteiger charge is 2.18. The molecule has 1 N–H and O–H groups in total. The summed E-state index contributed by atoms with van der Waals surface area (Å²) < 4.78 is 5.69. The quantitative estimate of drug-likeness (QED) is 0.482. The Hall–Kier alpha value is -3.60. The van der Waals surface area contributed by atoms with Crippen molar-refractivity contribution in [3.8, 4) is 5.75 Å². The van der Waals surface area contributed by atoms with Crippen LogP contribution in [0.5, 0.6) is 5.75 Å². The van der Waals surface area contributed by atoms with Gasteiger partial charge in [-0.1, -0.05) is 80.6 Å². The Labute approximate surface area is 189 Å². The average Bonchev–Trinajstić information content (AvgIpc) is 2.81. The molecule has 0 heterocycles. The molecule has 5 heteroatoms. The van der Waals surface area contributed by atoms with Crippen molar-refractivity contribution in [3.05, 3.63) is 101 Å². The molecule has 5 nitrogen and oxygen atoms in total. The molecule has 166 valence electrons. The predicted octanol–water partition coefficient (Wildman–Crippen LogP) is 5.16. The molecule has 0 aliphatic carbocycles. The average molecular weight is 432 g/mol. The Kier molecular flexibility index (Phi) is 8.03. The third-order valence-electron chi connectivity index (χ3n) is 5.33. The number of aromatic carboxylic acids is 1. The van der Waals surface area contributed by atoms with E-state index in [1.807, 2.05) is 80.6 Å². The van der Waals surface area contributed by atoms with Gasteiger partial charge >= 0.3 is 5.97 Å². The fraction of sp³-hybridized carbons (Fsp3) is 0.259. The van der Waals surface area contributed by atoms with Crippen LogP contribution in [0.15, 0.2) is 78.9 Å². The van der Waals surface area contributed by atoms with Gasteiger partial charge in [-0.05, 0) is 41.2 Å². The summed E-state index contributed by atoms with van der Waals surface area (Å²) >= 11 is 0. The molecule has 0 atom stereocenters. The summed E-state index contributed by atoms with van der Waals surface area (Å²) in [5.41, 5.74) is 3.16. The van der Waals surface area contributed by atoms with Crippen LogP contribution in [0.3, 0.4) is 0 Å². The minimum Gasteiger partial charge on any atom is -0.483 e. The molecule has 3 rings (SSSR count). The Morgan fingerprint density at radius 3 is 2.12 bits per heavy atom. The lowest BCUT2D eigenvalue weighted by molar-refractivity contribution is -0.134. The van der Waals surface area contributed by atoms with Gasteiger partial charge in [-0.2, -0.15) is 0 Å². The second-order valence-electron chi connectivity index (χ2n) is 8.04. The van der Waals surface area contributed by atoms with E-state index in [-0.39, 0.29) is 29.7 Å². The van der Waals surface area contributed by atoms with Crippen molar-refractivity contribution < 1.29 is 19.4 Å². The van der Waals surface area contributed by atoms with Crippen LogP contribution in [0.2, 0.25) is 0 Å². The van der Waals surface area contributed by atoms with Gasteiger partial charge in [0.25, 0.3) is 5.91 Å². The van der Waals surface area contributed by atoms with Crippen LogP contribution < -0.4 is 4.74 Å². The van der Waals surface area contributed by atoms with E-state index in [1.54, 1.807) is 17.0 Å². The van der Waals surface area contributed by atoms with Crippen molar-refractivity contribution in [2.75, 3.05) is 13.2 Å². The highest BCUT2D eigenvalue weighted by atomic mass is 16.5. The number of amides is 1. The molecule has 0 radical (unpaired) electrons. The Morgan fingerprint density at radius 1 is 0.906 bits per heavy atom. The van der Waals surface area contributed by atoms with E-state index in [1.165, 1.54) is 0 Å². The minimum atomic E-state index is -1.07. The normalized spacial score (nSPS) is 10.7. The van der Waals surface area contributed by atoms with E-state index in [9.17, 15) is 14.7 Å². The summed E-state index contributed by atoms with van der Waals surface area (Å²) in [6.45, 7) is 4.79. The van der Waals surface area contributed by atoms with E-state index in [0.717, 1.165) is 23.1 Å². The number of nitrogens with zero attached hydrogens (tertiary/aromatic N) is 1. The van der Waals surface area contributed by atoms with Gasteiger partial charge in [0, 0.05) is 13.1 Å². The number of benzene rings is 3. The lowest BCUT2D eigenvalue weighted by Gasteiger charge is -2.23. The predicted molar refractivity (Wildman–Crippen MR) is 125 cm³/mol. The molecule has 0 bridgehead atoms. The van der Waals surface area contributed by atoms with Crippen LogP contribution in [-0.4, -0.2) is 35.0 Å². The Balaban J connectivity index is 1.72. The van der Waals surface area contributed by atoms with Gasteiger partial charge in [0.1, 0.15) is 11.3 Å². The molecule has 0 saturated carbocycles. The van der Waals surface area contributed by atoms with Crippen molar-refractivity contribution in [1.82, 2.24) is 4.90 Å². The maximum Gasteiger partial charge on any atom is 0.339 e. The Bertz CT molecular complexity index is 1030. The van der Waals surface area contributed by atoms with E-state index in [0.29, 0.717) is 13.1 Å². The van der Waals surface area contributed by atoms with Crippen LogP contribution >= 0.6 is 0 Å². The number of hydrogen-bond acceptors (Lipinski definition) is 3. The molecule has 0 spiro atoms. The third-order valence-corrected chi connectivity index (χ3v) is 5.33. The molecule has 3 aromatic rings. The fourth-order valence-corrected chi connectivity index (χ4v) is 3.43. The summed E-state index contributed by atoms with van der Waals surface area (Å²) in [5.74, 6) is -0.852. The zero-order valence-electron chi connectivity index (χ0n) is 18.5. The second-order valence-corrected chi connectivity index (χ2v) is 8.04. The second kappa shape index (κ2) is 11.1. The maximum atomic E-state index is 13.1. The zero-order valence-corrected chi connectivity index (χ0v) is 18.5. The van der Waals surface area contributed by atoms with Crippen molar-refractivity contribution in [3.63, 3.8) is 0 Å². The van der Waals surface area contributed by atoms with Crippen molar-refractivity contribution >= 4 is 11.9 Å². The first-order valence-corrected chi connectivity index (χ1v) is 10.8. The van der Waals surface area contributed by atoms with Crippen molar-refractivity contribution in [2.24, 2.45) is 0 Å². The first kappa shape index (κ1) is 23.1. The van der Waals surface area contributed by atoms with Gasteiger partial charge < -0.3 is 14.7 Å². The zero-order chi connectivity index (χ0) is 22.9. The smallest absolute Gasteiger partial charge is 0.339 e. The van der Waals surface area contributed by atoms with Crippen LogP contribution in [0.25, 0.3) is 0 Å². The lowest BCUT2D eigenvalue weighted by Crippen LogP contribution is -2.36.